The van der Waals surface area contributed by atoms with Crippen LogP contribution in [0.3, 0.4) is 0 Å². The average Bonchev–Trinajstić information content (AvgIpc) is 2.92. The van der Waals surface area contributed by atoms with Gasteiger partial charge in [0.1, 0.15) is 23.0 Å². The van der Waals surface area contributed by atoms with Crippen LogP contribution in [0, 0.1) is 11.6 Å². The molecule has 6 heteroatoms. The van der Waals surface area contributed by atoms with Gasteiger partial charge in [0.2, 0.25) is 0 Å². The number of halogens is 2. The van der Waals surface area contributed by atoms with Crippen LogP contribution in [0.5, 0.6) is 0 Å². The maximum atomic E-state index is 14.0. The first kappa shape index (κ1) is 13.4. The highest BCUT2D eigenvalue weighted by Crippen LogP contribution is 2.26. The van der Waals surface area contributed by atoms with Gasteiger partial charge < -0.3 is 5.73 Å². The maximum Gasteiger partial charge on any atom is 0.148 e. The summed E-state index contributed by atoms with van der Waals surface area (Å²) in [6, 6.07) is 12.1. The fraction of sp³-hybridized carbons (Fsp3) is 0.0667. The van der Waals surface area contributed by atoms with Crippen LogP contribution in [-0.4, -0.2) is 15.0 Å². The molecule has 2 aromatic carbocycles. The quantitative estimate of drug-likeness (QED) is 0.805. The van der Waals surface area contributed by atoms with Gasteiger partial charge in [-0.1, -0.05) is 17.3 Å². The number of para-hydroxylation sites is 1. The summed E-state index contributed by atoms with van der Waals surface area (Å²) in [6.45, 7) is 0.154. The molecule has 4 nitrogen and oxygen atoms in total. The topological polar surface area (TPSA) is 56.7 Å². The molecular weight excluding hydrogens is 274 g/mol. The lowest BCUT2D eigenvalue weighted by molar-refractivity contribution is 0.608. The van der Waals surface area contributed by atoms with Crippen LogP contribution in [0.2, 0.25) is 0 Å². The lowest BCUT2D eigenvalue weighted by atomic mass is 10.1. The van der Waals surface area contributed by atoms with E-state index in [0.717, 1.165) is 0 Å². The van der Waals surface area contributed by atoms with E-state index in [1.807, 2.05) is 0 Å². The molecule has 0 saturated carbocycles. The molecule has 0 aliphatic rings. The first-order valence-electron chi connectivity index (χ1n) is 6.36. The van der Waals surface area contributed by atoms with Gasteiger partial charge in [0.25, 0.3) is 0 Å². The number of nitrogens with two attached hydrogens (primary N) is 1. The first-order valence-corrected chi connectivity index (χ1v) is 6.36. The Kier molecular flexibility index (Phi) is 3.45. The second-order valence-corrected chi connectivity index (χ2v) is 4.46. The van der Waals surface area contributed by atoms with E-state index in [2.05, 4.69) is 10.3 Å². The van der Waals surface area contributed by atoms with Crippen molar-refractivity contribution in [2.45, 2.75) is 6.54 Å². The minimum Gasteiger partial charge on any atom is -0.325 e. The van der Waals surface area contributed by atoms with Crippen molar-refractivity contribution >= 4 is 0 Å². The number of aromatic nitrogens is 3. The molecule has 0 fully saturated rings. The molecule has 106 valence electrons. The lowest BCUT2D eigenvalue weighted by Crippen LogP contribution is -2.04. The predicted molar refractivity (Wildman–Crippen MR) is 74.6 cm³/mol. The highest BCUT2D eigenvalue weighted by molar-refractivity contribution is 5.64. The van der Waals surface area contributed by atoms with Crippen molar-refractivity contribution in [1.82, 2.24) is 15.0 Å². The molecule has 1 heterocycles. The van der Waals surface area contributed by atoms with Crippen LogP contribution >= 0.6 is 0 Å². The molecule has 0 aliphatic heterocycles. The lowest BCUT2D eigenvalue weighted by Gasteiger charge is -2.08. The molecule has 0 atom stereocenters. The SMILES string of the molecule is NCc1nnn(-c2ccccc2F)c1-c1ccc(F)cc1. The zero-order chi connectivity index (χ0) is 14.8. The fourth-order valence-electron chi connectivity index (χ4n) is 2.14. The van der Waals surface area contributed by atoms with Gasteiger partial charge in [0, 0.05) is 12.1 Å². The summed E-state index contributed by atoms with van der Waals surface area (Å²) in [4.78, 5) is 0. The Morgan fingerprint density at radius 1 is 1.00 bits per heavy atom. The molecule has 0 aliphatic carbocycles. The van der Waals surface area contributed by atoms with Gasteiger partial charge in [-0.3, -0.25) is 0 Å². The van der Waals surface area contributed by atoms with Crippen LogP contribution in [0.1, 0.15) is 5.69 Å². The van der Waals surface area contributed by atoms with E-state index >= 15 is 0 Å². The summed E-state index contributed by atoms with van der Waals surface area (Å²) in [6.07, 6.45) is 0. The number of hydrogen-bond acceptors (Lipinski definition) is 3. The van der Waals surface area contributed by atoms with Crippen LogP contribution < -0.4 is 5.73 Å². The molecular formula is C15H12F2N4. The van der Waals surface area contributed by atoms with Gasteiger partial charge in [0.05, 0.1) is 5.69 Å². The molecule has 2 N–H and O–H groups in total. The Morgan fingerprint density at radius 2 is 1.71 bits per heavy atom. The zero-order valence-electron chi connectivity index (χ0n) is 11.0. The van der Waals surface area contributed by atoms with Crippen molar-refractivity contribution < 1.29 is 8.78 Å². The monoisotopic (exact) mass is 286 g/mol. The number of hydrogen-bond donors (Lipinski definition) is 1. The first-order chi connectivity index (χ1) is 10.2. The Hall–Kier alpha value is -2.60. The molecule has 0 amide bonds. The molecule has 0 unspecified atom stereocenters. The number of benzene rings is 2. The van der Waals surface area contributed by atoms with Crippen molar-refractivity contribution in [2.24, 2.45) is 5.73 Å². The molecule has 3 aromatic rings. The van der Waals surface area contributed by atoms with E-state index in [4.69, 9.17) is 5.73 Å². The van der Waals surface area contributed by atoms with Crippen LogP contribution in [0.15, 0.2) is 48.5 Å². The Balaban J connectivity index is 2.22. The Labute approximate surface area is 119 Å². The highest BCUT2D eigenvalue weighted by atomic mass is 19.1. The minimum absolute atomic E-state index is 0.154. The summed E-state index contributed by atoms with van der Waals surface area (Å²) in [7, 11) is 0. The van der Waals surface area contributed by atoms with Gasteiger partial charge in [-0.2, -0.15) is 0 Å². The predicted octanol–water partition coefficient (Wildman–Crippen LogP) is 2.67. The Morgan fingerprint density at radius 3 is 2.38 bits per heavy atom. The van der Waals surface area contributed by atoms with Crippen LogP contribution in [0.25, 0.3) is 16.9 Å². The van der Waals surface area contributed by atoms with E-state index < -0.39 is 5.82 Å². The molecule has 21 heavy (non-hydrogen) atoms. The summed E-state index contributed by atoms with van der Waals surface area (Å²) in [5.41, 5.74) is 7.68. The zero-order valence-corrected chi connectivity index (χ0v) is 11.0. The largest absolute Gasteiger partial charge is 0.325 e. The molecule has 0 spiro atoms. The summed E-state index contributed by atoms with van der Waals surface area (Å²) >= 11 is 0. The summed E-state index contributed by atoms with van der Waals surface area (Å²) in [5, 5.41) is 7.95. The summed E-state index contributed by atoms with van der Waals surface area (Å²) in [5.74, 6) is -0.771. The number of nitrogens with zero attached hydrogens (tertiary/aromatic N) is 3. The van der Waals surface area contributed by atoms with Gasteiger partial charge in [-0.25, -0.2) is 13.5 Å². The molecule has 0 bridgehead atoms. The molecule has 1 aromatic heterocycles. The smallest absolute Gasteiger partial charge is 0.148 e. The second-order valence-electron chi connectivity index (χ2n) is 4.46. The van der Waals surface area contributed by atoms with Crippen LogP contribution in [0.4, 0.5) is 8.78 Å². The van der Waals surface area contributed by atoms with Gasteiger partial charge in [-0.15, -0.1) is 5.10 Å². The molecule has 0 radical (unpaired) electrons. The maximum absolute atomic E-state index is 14.0. The highest BCUT2D eigenvalue weighted by Gasteiger charge is 2.17. The van der Waals surface area contributed by atoms with Crippen molar-refractivity contribution in [1.29, 1.82) is 0 Å². The van der Waals surface area contributed by atoms with E-state index in [1.165, 1.54) is 22.9 Å². The van der Waals surface area contributed by atoms with E-state index in [-0.39, 0.29) is 18.0 Å². The van der Waals surface area contributed by atoms with E-state index in [9.17, 15) is 8.78 Å². The standard InChI is InChI=1S/C15H12F2N4/c16-11-7-5-10(6-8-11)15-13(9-18)19-20-21(15)14-4-2-1-3-12(14)17/h1-8H,9,18H2. The van der Waals surface area contributed by atoms with Gasteiger partial charge >= 0.3 is 0 Å². The Bertz CT molecular complexity index is 766. The van der Waals surface area contributed by atoms with Crippen LogP contribution in [-0.2, 0) is 6.54 Å². The van der Waals surface area contributed by atoms with Crippen molar-refractivity contribution in [2.75, 3.05) is 0 Å². The van der Waals surface area contributed by atoms with Crippen molar-refractivity contribution in [3.8, 4) is 16.9 Å². The van der Waals surface area contributed by atoms with Gasteiger partial charge in [-0.05, 0) is 36.4 Å². The summed E-state index contributed by atoms with van der Waals surface area (Å²) < 4.78 is 28.4. The number of rotatable bonds is 3. The third-order valence-electron chi connectivity index (χ3n) is 3.13. The van der Waals surface area contributed by atoms with Gasteiger partial charge in [0.15, 0.2) is 0 Å². The third kappa shape index (κ3) is 2.41. The fourth-order valence-corrected chi connectivity index (χ4v) is 2.14. The van der Waals surface area contributed by atoms with Crippen molar-refractivity contribution in [3.63, 3.8) is 0 Å². The average molecular weight is 286 g/mol. The third-order valence-corrected chi connectivity index (χ3v) is 3.13. The minimum atomic E-state index is -0.422. The molecule has 0 saturated heterocycles. The molecule has 3 rings (SSSR count). The van der Waals surface area contributed by atoms with E-state index in [1.54, 1.807) is 30.3 Å². The second kappa shape index (κ2) is 5.41. The van der Waals surface area contributed by atoms with E-state index in [0.29, 0.717) is 17.0 Å². The normalized spacial score (nSPS) is 10.8. The van der Waals surface area contributed by atoms with Crippen molar-refractivity contribution in [3.05, 3.63) is 65.9 Å².